The van der Waals surface area contributed by atoms with E-state index in [-0.39, 0.29) is 24.2 Å². The number of ether oxygens (including phenoxy) is 2. The van der Waals surface area contributed by atoms with Gasteiger partial charge in [-0.1, -0.05) is 41.6 Å². The molecule has 0 fully saturated rings. The van der Waals surface area contributed by atoms with Gasteiger partial charge in [-0.15, -0.1) is 0 Å². The largest absolute Gasteiger partial charge is 0.486 e. The molecule has 30 heavy (non-hydrogen) atoms. The van der Waals surface area contributed by atoms with Gasteiger partial charge in [-0.05, 0) is 24.6 Å². The third kappa shape index (κ3) is 4.43. The van der Waals surface area contributed by atoms with Gasteiger partial charge in [0.1, 0.15) is 13.2 Å². The number of aromatic nitrogens is 1. The van der Waals surface area contributed by atoms with Crippen LogP contribution in [0.15, 0.2) is 59.1 Å². The minimum atomic E-state index is -0.483. The van der Waals surface area contributed by atoms with Crippen LogP contribution < -0.4 is 20.1 Å². The smallest absolute Gasteiger partial charge is 0.273 e. The molecule has 1 aliphatic heterocycles. The van der Waals surface area contributed by atoms with Crippen molar-refractivity contribution in [3.63, 3.8) is 0 Å². The summed E-state index contributed by atoms with van der Waals surface area (Å²) in [6.07, 6.45) is 0. The first kappa shape index (κ1) is 19.5. The Balaban J connectivity index is 1.30. The predicted molar refractivity (Wildman–Crippen MR) is 108 cm³/mol. The van der Waals surface area contributed by atoms with E-state index < -0.39 is 5.91 Å². The van der Waals surface area contributed by atoms with Gasteiger partial charge in [-0.25, -0.2) is 0 Å². The summed E-state index contributed by atoms with van der Waals surface area (Å²) in [7, 11) is 0. The van der Waals surface area contributed by atoms with Crippen LogP contribution >= 0.6 is 0 Å². The number of amides is 2. The van der Waals surface area contributed by atoms with Crippen LogP contribution in [0.3, 0.4) is 0 Å². The topological polar surface area (TPSA) is 103 Å². The molecule has 3 aromatic rings. The molecule has 8 nitrogen and oxygen atoms in total. The molecular formula is C22H21N3O5. The van der Waals surface area contributed by atoms with Gasteiger partial charge in [0.25, 0.3) is 5.91 Å². The second kappa shape index (κ2) is 8.69. The zero-order valence-electron chi connectivity index (χ0n) is 16.4. The van der Waals surface area contributed by atoms with Crippen molar-refractivity contribution >= 4 is 11.8 Å². The van der Waals surface area contributed by atoms with Crippen molar-refractivity contribution in [1.82, 2.24) is 15.8 Å². The summed E-state index contributed by atoms with van der Waals surface area (Å²) in [5.74, 6) is 1.03. The number of hydrogen-bond acceptors (Lipinski definition) is 6. The average molecular weight is 407 g/mol. The molecule has 1 atom stereocenters. The highest BCUT2D eigenvalue weighted by molar-refractivity contribution is 5.95. The van der Waals surface area contributed by atoms with Gasteiger partial charge in [0.05, 0.1) is 12.6 Å². The van der Waals surface area contributed by atoms with Crippen LogP contribution in [-0.2, 0) is 4.79 Å². The highest BCUT2D eigenvalue weighted by atomic mass is 16.6. The van der Waals surface area contributed by atoms with Crippen LogP contribution in [-0.4, -0.2) is 36.7 Å². The summed E-state index contributed by atoms with van der Waals surface area (Å²) in [5, 5.41) is 9.17. The highest BCUT2D eigenvalue weighted by Gasteiger charge is 2.18. The number of rotatable bonds is 6. The summed E-state index contributed by atoms with van der Waals surface area (Å²) < 4.78 is 16.3. The second-order valence-electron chi connectivity index (χ2n) is 6.82. The van der Waals surface area contributed by atoms with Crippen LogP contribution in [0.1, 0.15) is 29.0 Å². The summed E-state index contributed by atoms with van der Waals surface area (Å²) in [4.78, 5) is 24.5. The zero-order valence-corrected chi connectivity index (χ0v) is 16.4. The van der Waals surface area contributed by atoms with E-state index >= 15 is 0 Å². The van der Waals surface area contributed by atoms with Crippen LogP contribution in [0.2, 0.25) is 0 Å². The standard InChI is InChI=1S/C22H21N3O5/c1-14(16-7-8-18-20(11-16)29-10-9-28-18)24-21(26)13-23-22(27)17-12-19(30-25-17)15-5-3-2-4-6-15/h2-8,11-12,14H,9-10,13H2,1H3,(H,23,27)(H,24,26). The van der Waals surface area contributed by atoms with E-state index in [1.807, 2.05) is 55.5 Å². The molecule has 0 spiro atoms. The molecule has 0 saturated heterocycles. The summed E-state index contributed by atoms with van der Waals surface area (Å²) >= 11 is 0. The van der Waals surface area contributed by atoms with E-state index in [2.05, 4.69) is 15.8 Å². The van der Waals surface area contributed by atoms with Gasteiger partial charge in [0, 0.05) is 11.6 Å². The molecule has 154 valence electrons. The van der Waals surface area contributed by atoms with Gasteiger partial charge < -0.3 is 24.6 Å². The summed E-state index contributed by atoms with van der Waals surface area (Å²) in [6.45, 7) is 2.70. The number of carbonyl (C=O) groups excluding carboxylic acids is 2. The Morgan fingerprint density at radius 2 is 1.80 bits per heavy atom. The number of benzene rings is 2. The highest BCUT2D eigenvalue weighted by Crippen LogP contribution is 2.32. The Morgan fingerprint density at radius 1 is 1.03 bits per heavy atom. The van der Waals surface area contributed by atoms with Crippen LogP contribution in [0, 0.1) is 0 Å². The minimum absolute atomic E-state index is 0.113. The van der Waals surface area contributed by atoms with Crippen LogP contribution in [0.4, 0.5) is 0 Å². The molecule has 0 radical (unpaired) electrons. The summed E-state index contributed by atoms with van der Waals surface area (Å²) in [6, 6.07) is 16.2. The van der Waals surface area contributed by atoms with Gasteiger partial charge in [0.2, 0.25) is 5.91 Å². The maximum atomic E-state index is 12.3. The molecule has 2 N–H and O–H groups in total. The minimum Gasteiger partial charge on any atom is -0.486 e. The Morgan fingerprint density at radius 3 is 2.60 bits per heavy atom. The second-order valence-corrected chi connectivity index (χ2v) is 6.82. The van der Waals surface area contributed by atoms with E-state index in [4.69, 9.17) is 14.0 Å². The lowest BCUT2D eigenvalue weighted by Crippen LogP contribution is -2.38. The third-order valence-corrected chi connectivity index (χ3v) is 4.65. The molecule has 0 aliphatic carbocycles. The Bertz CT molecular complexity index is 1050. The lowest BCUT2D eigenvalue weighted by Gasteiger charge is -2.21. The lowest BCUT2D eigenvalue weighted by atomic mass is 10.1. The fraction of sp³-hybridized carbons (Fsp3) is 0.227. The first-order valence-electron chi connectivity index (χ1n) is 9.59. The lowest BCUT2D eigenvalue weighted by molar-refractivity contribution is -0.120. The van der Waals surface area contributed by atoms with Gasteiger partial charge in [0.15, 0.2) is 23.0 Å². The van der Waals surface area contributed by atoms with Crippen molar-refractivity contribution in [2.75, 3.05) is 19.8 Å². The fourth-order valence-corrected chi connectivity index (χ4v) is 3.08. The van der Waals surface area contributed by atoms with Crippen molar-refractivity contribution in [1.29, 1.82) is 0 Å². The number of nitrogens with one attached hydrogen (secondary N) is 2. The molecule has 2 heterocycles. The summed E-state index contributed by atoms with van der Waals surface area (Å²) in [5.41, 5.74) is 1.81. The Labute approximate surface area is 173 Å². The zero-order chi connectivity index (χ0) is 20.9. The molecule has 4 rings (SSSR count). The predicted octanol–water partition coefficient (Wildman–Crippen LogP) is 2.72. The number of hydrogen-bond donors (Lipinski definition) is 2. The molecule has 0 bridgehead atoms. The quantitative estimate of drug-likeness (QED) is 0.651. The third-order valence-electron chi connectivity index (χ3n) is 4.65. The van der Waals surface area contributed by atoms with Gasteiger partial charge >= 0.3 is 0 Å². The molecule has 2 amide bonds. The van der Waals surface area contributed by atoms with E-state index in [1.165, 1.54) is 0 Å². The van der Waals surface area contributed by atoms with Crippen molar-refractivity contribution in [2.24, 2.45) is 0 Å². The van der Waals surface area contributed by atoms with Crippen molar-refractivity contribution in [3.05, 3.63) is 65.9 Å². The van der Waals surface area contributed by atoms with Crippen molar-refractivity contribution in [2.45, 2.75) is 13.0 Å². The van der Waals surface area contributed by atoms with E-state index in [0.29, 0.717) is 30.5 Å². The van der Waals surface area contributed by atoms with Crippen molar-refractivity contribution < 1.29 is 23.6 Å². The molecule has 1 aromatic heterocycles. The monoisotopic (exact) mass is 407 g/mol. The van der Waals surface area contributed by atoms with E-state index in [1.54, 1.807) is 6.07 Å². The van der Waals surface area contributed by atoms with Crippen LogP contribution in [0.25, 0.3) is 11.3 Å². The molecule has 2 aromatic carbocycles. The van der Waals surface area contributed by atoms with Crippen molar-refractivity contribution in [3.8, 4) is 22.8 Å². The molecule has 1 aliphatic rings. The first-order chi connectivity index (χ1) is 14.6. The average Bonchev–Trinajstić information content (AvgIpc) is 3.28. The Hall–Kier alpha value is -3.81. The number of fused-ring (bicyclic) bond motifs is 1. The van der Waals surface area contributed by atoms with Gasteiger partial charge in [-0.2, -0.15) is 0 Å². The maximum Gasteiger partial charge on any atom is 0.273 e. The maximum absolute atomic E-state index is 12.3. The SMILES string of the molecule is CC(NC(=O)CNC(=O)c1cc(-c2ccccc2)on1)c1ccc2c(c1)OCCO2. The Kier molecular flexibility index (Phi) is 5.65. The van der Waals surface area contributed by atoms with Crippen LogP contribution in [0.5, 0.6) is 11.5 Å². The molecule has 1 unspecified atom stereocenters. The van der Waals surface area contributed by atoms with E-state index in [0.717, 1.165) is 11.1 Å². The van der Waals surface area contributed by atoms with E-state index in [9.17, 15) is 9.59 Å². The normalized spacial score (nSPS) is 13.4. The number of carbonyl (C=O) groups is 2. The number of nitrogens with zero attached hydrogens (tertiary/aromatic N) is 1. The molecule has 0 saturated carbocycles. The fourth-order valence-electron chi connectivity index (χ4n) is 3.08. The van der Waals surface area contributed by atoms with Gasteiger partial charge in [-0.3, -0.25) is 9.59 Å². The molecular weight excluding hydrogens is 386 g/mol. The molecule has 8 heteroatoms. The first-order valence-corrected chi connectivity index (χ1v) is 9.59.